The highest BCUT2D eigenvalue weighted by molar-refractivity contribution is 5.03. The quantitative estimate of drug-likeness (QED) is 0.693. The first-order chi connectivity index (χ1) is 7.38. The molecule has 0 aromatic carbocycles. The number of unbranched alkanes of at least 4 members (excludes halogenated alkanes) is 1. The van der Waals surface area contributed by atoms with Crippen molar-refractivity contribution >= 4 is 0 Å². The maximum Gasteiger partial charge on any atom is 0.0521 e. The maximum absolute atomic E-state index is 4.27. The summed E-state index contributed by atoms with van der Waals surface area (Å²) in [5.74, 6) is 0. The standard InChI is InChI=1S/C12H21N3/c1-2-15-10-11(9-14-15)5-3-4-8-13-12-6-7-12/h9-10,12-13H,2-8H2,1H3. The number of hydrogen-bond acceptors (Lipinski definition) is 2. The summed E-state index contributed by atoms with van der Waals surface area (Å²) >= 11 is 0. The molecule has 0 amide bonds. The molecule has 0 spiro atoms. The first kappa shape index (κ1) is 10.7. The first-order valence-corrected chi connectivity index (χ1v) is 6.13. The van der Waals surface area contributed by atoms with Gasteiger partial charge in [-0.1, -0.05) is 0 Å². The van der Waals surface area contributed by atoms with Crippen LogP contribution in [0.2, 0.25) is 0 Å². The monoisotopic (exact) mass is 207 g/mol. The molecule has 15 heavy (non-hydrogen) atoms. The van der Waals surface area contributed by atoms with Gasteiger partial charge >= 0.3 is 0 Å². The van der Waals surface area contributed by atoms with E-state index in [0.717, 1.165) is 12.6 Å². The summed E-state index contributed by atoms with van der Waals surface area (Å²) in [7, 11) is 0. The molecule has 0 bridgehead atoms. The van der Waals surface area contributed by atoms with Gasteiger partial charge in [0.25, 0.3) is 0 Å². The summed E-state index contributed by atoms with van der Waals surface area (Å²) in [6.45, 7) is 4.28. The lowest BCUT2D eigenvalue weighted by Crippen LogP contribution is -2.17. The van der Waals surface area contributed by atoms with Gasteiger partial charge in [-0.3, -0.25) is 4.68 Å². The molecule has 3 heteroatoms. The van der Waals surface area contributed by atoms with Gasteiger partial charge in [0.05, 0.1) is 6.20 Å². The topological polar surface area (TPSA) is 29.9 Å². The largest absolute Gasteiger partial charge is 0.314 e. The van der Waals surface area contributed by atoms with Crippen LogP contribution in [0.1, 0.15) is 38.2 Å². The normalized spacial score (nSPS) is 15.8. The third-order valence-corrected chi connectivity index (χ3v) is 2.91. The van der Waals surface area contributed by atoms with E-state index in [-0.39, 0.29) is 0 Å². The summed E-state index contributed by atoms with van der Waals surface area (Å²) in [4.78, 5) is 0. The molecule has 3 nitrogen and oxygen atoms in total. The van der Waals surface area contributed by atoms with E-state index >= 15 is 0 Å². The highest BCUT2D eigenvalue weighted by Gasteiger charge is 2.19. The van der Waals surface area contributed by atoms with Gasteiger partial charge in [-0.15, -0.1) is 0 Å². The molecule has 0 radical (unpaired) electrons. The Kier molecular flexibility index (Phi) is 3.78. The van der Waals surface area contributed by atoms with Crippen LogP contribution in [0.15, 0.2) is 12.4 Å². The number of aryl methyl sites for hydroxylation is 2. The van der Waals surface area contributed by atoms with Crippen LogP contribution < -0.4 is 5.32 Å². The highest BCUT2D eigenvalue weighted by atomic mass is 15.3. The van der Waals surface area contributed by atoms with Crippen molar-refractivity contribution in [2.45, 2.75) is 51.6 Å². The fourth-order valence-electron chi connectivity index (χ4n) is 1.76. The maximum atomic E-state index is 4.27. The van der Waals surface area contributed by atoms with E-state index in [9.17, 15) is 0 Å². The van der Waals surface area contributed by atoms with Gasteiger partial charge in [-0.05, 0) is 51.1 Å². The molecule has 1 fully saturated rings. The second kappa shape index (κ2) is 5.31. The number of nitrogens with one attached hydrogen (secondary N) is 1. The number of rotatable bonds is 7. The minimum atomic E-state index is 0.854. The van der Waals surface area contributed by atoms with E-state index in [4.69, 9.17) is 0 Å². The molecule has 1 N–H and O–H groups in total. The molecule has 0 atom stereocenters. The van der Waals surface area contributed by atoms with Gasteiger partial charge in [-0.25, -0.2) is 0 Å². The van der Waals surface area contributed by atoms with Crippen LogP contribution in [0.25, 0.3) is 0 Å². The van der Waals surface area contributed by atoms with E-state index in [2.05, 4.69) is 23.5 Å². The van der Waals surface area contributed by atoms with Gasteiger partial charge in [-0.2, -0.15) is 5.10 Å². The summed E-state index contributed by atoms with van der Waals surface area (Å²) in [5, 5.41) is 7.81. The summed E-state index contributed by atoms with van der Waals surface area (Å²) < 4.78 is 2.00. The van der Waals surface area contributed by atoms with E-state index < -0.39 is 0 Å². The van der Waals surface area contributed by atoms with Crippen molar-refractivity contribution in [2.75, 3.05) is 6.54 Å². The molecule has 0 aliphatic heterocycles. The lowest BCUT2D eigenvalue weighted by molar-refractivity contribution is 0.619. The van der Waals surface area contributed by atoms with E-state index in [1.54, 1.807) is 0 Å². The third-order valence-electron chi connectivity index (χ3n) is 2.91. The van der Waals surface area contributed by atoms with Crippen LogP contribution in [-0.4, -0.2) is 22.4 Å². The summed E-state index contributed by atoms with van der Waals surface area (Å²) in [5.41, 5.74) is 1.38. The Hall–Kier alpha value is -0.830. The third kappa shape index (κ3) is 3.67. The van der Waals surface area contributed by atoms with Gasteiger partial charge in [0, 0.05) is 18.8 Å². The fraction of sp³-hybridized carbons (Fsp3) is 0.750. The van der Waals surface area contributed by atoms with Crippen molar-refractivity contribution in [2.24, 2.45) is 0 Å². The lowest BCUT2D eigenvalue weighted by Gasteiger charge is -2.01. The molecule has 1 aliphatic rings. The Balaban J connectivity index is 1.56. The van der Waals surface area contributed by atoms with Crippen molar-refractivity contribution in [3.05, 3.63) is 18.0 Å². The summed E-state index contributed by atoms with van der Waals surface area (Å²) in [6.07, 6.45) is 10.7. The average molecular weight is 207 g/mol. The molecule has 84 valence electrons. The molecule has 1 aromatic rings. The predicted octanol–water partition coefficient (Wildman–Crippen LogP) is 1.98. The second-order valence-corrected chi connectivity index (χ2v) is 4.39. The molecule has 1 heterocycles. The van der Waals surface area contributed by atoms with E-state index in [1.165, 1.54) is 44.2 Å². The smallest absolute Gasteiger partial charge is 0.0521 e. The zero-order valence-corrected chi connectivity index (χ0v) is 9.58. The van der Waals surface area contributed by atoms with Crippen LogP contribution in [-0.2, 0) is 13.0 Å². The molecular weight excluding hydrogens is 186 g/mol. The minimum Gasteiger partial charge on any atom is -0.314 e. The van der Waals surface area contributed by atoms with Crippen LogP contribution in [0.4, 0.5) is 0 Å². The number of aromatic nitrogens is 2. The van der Waals surface area contributed by atoms with Gasteiger partial charge in [0.1, 0.15) is 0 Å². The Morgan fingerprint density at radius 1 is 1.47 bits per heavy atom. The van der Waals surface area contributed by atoms with Crippen LogP contribution in [0.3, 0.4) is 0 Å². The van der Waals surface area contributed by atoms with Gasteiger partial charge < -0.3 is 5.32 Å². The molecule has 0 unspecified atom stereocenters. The van der Waals surface area contributed by atoms with Gasteiger partial charge in [0.15, 0.2) is 0 Å². The van der Waals surface area contributed by atoms with Crippen molar-refractivity contribution in [3.8, 4) is 0 Å². The van der Waals surface area contributed by atoms with E-state index in [1.807, 2.05) is 10.9 Å². The average Bonchev–Trinajstić information content (AvgIpc) is 2.96. The molecule has 0 saturated heterocycles. The highest BCUT2D eigenvalue weighted by Crippen LogP contribution is 2.18. The Morgan fingerprint density at radius 2 is 2.33 bits per heavy atom. The van der Waals surface area contributed by atoms with Crippen LogP contribution in [0.5, 0.6) is 0 Å². The molecular formula is C12H21N3. The van der Waals surface area contributed by atoms with Crippen LogP contribution in [0, 0.1) is 0 Å². The number of hydrogen-bond donors (Lipinski definition) is 1. The molecule has 1 aliphatic carbocycles. The zero-order valence-electron chi connectivity index (χ0n) is 9.58. The Labute approximate surface area is 91.9 Å². The summed E-state index contributed by atoms with van der Waals surface area (Å²) in [6, 6.07) is 0.854. The van der Waals surface area contributed by atoms with Gasteiger partial charge in [0.2, 0.25) is 0 Å². The minimum absolute atomic E-state index is 0.854. The number of nitrogens with zero attached hydrogens (tertiary/aromatic N) is 2. The fourth-order valence-corrected chi connectivity index (χ4v) is 1.76. The predicted molar refractivity (Wildman–Crippen MR) is 61.9 cm³/mol. The van der Waals surface area contributed by atoms with Crippen molar-refractivity contribution < 1.29 is 0 Å². The van der Waals surface area contributed by atoms with E-state index in [0.29, 0.717) is 0 Å². The van der Waals surface area contributed by atoms with Crippen LogP contribution >= 0.6 is 0 Å². The van der Waals surface area contributed by atoms with Crippen molar-refractivity contribution in [1.82, 2.24) is 15.1 Å². The molecule has 2 rings (SSSR count). The first-order valence-electron chi connectivity index (χ1n) is 6.13. The SMILES string of the molecule is CCn1cc(CCCCNC2CC2)cn1. The molecule has 1 saturated carbocycles. The zero-order chi connectivity index (χ0) is 10.5. The second-order valence-electron chi connectivity index (χ2n) is 4.39. The molecule has 1 aromatic heterocycles. The van der Waals surface area contributed by atoms with Crippen molar-refractivity contribution in [1.29, 1.82) is 0 Å². The Bertz CT molecular complexity index is 289. The Morgan fingerprint density at radius 3 is 3.00 bits per heavy atom. The lowest BCUT2D eigenvalue weighted by atomic mass is 10.1. The van der Waals surface area contributed by atoms with Crippen molar-refractivity contribution in [3.63, 3.8) is 0 Å².